The summed E-state index contributed by atoms with van der Waals surface area (Å²) in [5.41, 5.74) is 4.16. The average molecular weight is 741 g/mol. The van der Waals surface area contributed by atoms with Crippen molar-refractivity contribution in [2.45, 2.75) is 43.7 Å². The lowest BCUT2D eigenvalue weighted by atomic mass is 10.1. The van der Waals surface area contributed by atoms with Gasteiger partial charge >= 0.3 is 0 Å². The third-order valence-corrected chi connectivity index (χ3v) is 10.1. The number of hydrogen-bond acceptors (Lipinski definition) is 10. The van der Waals surface area contributed by atoms with Crippen LogP contribution in [0.2, 0.25) is 0 Å². The highest BCUT2D eigenvalue weighted by molar-refractivity contribution is 7.90. The summed E-state index contributed by atoms with van der Waals surface area (Å²) >= 11 is 0. The Labute approximate surface area is 306 Å². The molecule has 1 saturated carbocycles. The van der Waals surface area contributed by atoms with Crippen molar-refractivity contribution >= 4 is 33.1 Å². The number of anilines is 4. The number of halogens is 2. The van der Waals surface area contributed by atoms with Crippen molar-refractivity contribution in [3.05, 3.63) is 113 Å². The molecule has 0 atom stereocenters. The Morgan fingerprint density at radius 2 is 1.51 bits per heavy atom. The molecule has 6 aromatic rings. The maximum Gasteiger partial charge on any atom is 0.229 e. The number of methoxy groups -OCH3 is 2. The van der Waals surface area contributed by atoms with E-state index in [0.29, 0.717) is 41.9 Å². The number of aryl methyl sites for hydroxylation is 2. The van der Waals surface area contributed by atoms with Crippen LogP contribution in [0.1, 0.15) is 41.1 Å². The third-order valence-electron chi connectivity index (χ3n) is 9.04. The second-order valence-electron chi connectivity index (χ2n) is 13.0. The van der Waals surface area contributed by atoms with Gasteiger partial charge in [0, 0.05) is 36.8 Å². The Bertz CT molecular complexity index is 2370. The van der Waals surface area contributed by atoms with Crippen LogP contribution in [0, 0.1) is 18.6 Å². The zero-order chi connectivity index (χ0) is 37.4. The first-order valence-corrected chi connectivity index (χ1v) is 18.7. The molecule has 1 aliphatic rings. The molecule has 274 valence electrons. The summed E-state index contributed by atoms with van der Waals surface area (Å²) in [6, 6.07) is 20.8. The number of hydrogen-bond donors (Lipinski definition) is 1. The van der Waals surface area contributed by atoms with Gasteiger partial charge in [0.15, 0.2) is 27.3 Å². The van der Waals surface area contributed by atoms with E-state index in [0.717, 1.165) is 59.4 Å². The van der Waals surface area contributed by atoms with E-state index >= 15 is 8.78 Å². The summed E-state index contributed by atoms with van der Waals surface area (Å²) < 4.78 is 69.4. The largest absolute Gasteiger partial charge is 0.497 e. The van der Waals surface area contributed by atoms with Gasteiger partial charge in [0.2, 0.25) is 5.95 Å². The highest BCUT2D eigenvalue weighted by Gasteiger charge is 2.35. The van der Waals surface area contributed by atoms with E-state index in [2.05, 4.69) is 10.4 Å². The predicted molar refractivity (Wildman–Crippen MR) is 197 cm³/mol. The molecule has 12 nitrogen and oxygen atoms in total. The topological polar surface area (TPSA) is 129 Å². The standard InChI is InChI=1S/C38H38F2N8O4S/c1-23-18-33(45-48(23)22-25-8-14-28(52-4)15-9-25)47(21-24-6-12-27(51-3)13-7-24)37-34(26-10-11-26)36(32-16-17-46(2)44-32)42-38(43-37)41-35-30(39)19-29(20-31(35)40)53(5,49)50/h6-9,12-20,26H,10-11,21-22H2,1-5H3,(H,41,42,43). The molecule has 3 aromatic carbocycles. The summed E-state index contributed by atoms with van der Waals surface area (Å²) in [7, 11) is 1.16. The fourth-order valence-corrected chi connectivity index (χ4v) is 6.70. The van der Waals surface area contributed by atoms with Crippen LogP contribution in [-0.4, -0.2) is 58.4 Å². The van der Waals surface area contributed by atoms with Gasteiger partial charge in [-0.25, -0.2) is 22.2 Å². The number of sulfone groups is 1. The van der Waals surface area contributed by atoms with Crippen molar-refractivity contribution in [1.82, 2.24) is 29.5 Å². The van der Waals surface area contributed by atoms with Gasteiger partial charge < -0.3 is 19.7 Å². The summed E-state index contributed by atoms with van der Waals surface area (Å²) in [5.74, 6) is 0.324. The first kappa shape index (κ1) is 35.6. The quantitative estimate of drug-likeness (QED) is 0.131. The molecule has 0 radical (unpaired) electrons. The molecule has 0 saturated heterocycles. The fourth-order valence-electron chi connectivity index (χ4n) is 6.07. The third kappa shape index (κ3) is 7.70. The lowest BCUT2D eigenvalue weighted by Crippen LogP contribution is -2.22. The van der Waals surface area contributed by atoms with Crippen LogP contribution in [0.5, 0.6) is 11.5 Å². The van der Waals surface area contributed by atoms with Crippen LogP contribution in [0.15, 0.2) is 83.9 Å². The summed E-state index contributed by atoms with van der Waals surface area (Å²) in [6.07, 6.45) is 4.46. The van der Waals surface area contributed by atoms with Crippen molar-refractivity contribution in [2.24, 2.45) is 7.05 Å². The first-order valence-electron chi connectivity index (χ1n) is 16.9. The average Bonchev–Trinajstić information content (AvgIpc) is 3.78. The minimum atomic E-state index is -3.87. The summed E-state index contributed by atoms with van der Waals surface area (Å²) in [5, 5.41) is 12.4. The Hall–Kier alpha value is -5.83. The molecule has 1 N–H and O–H groups in total. The van der Waals surface area contributed by atoms with Crippen LogP contribution in [0.25, 0.3) is 11.4 Å². The second-order valence-corrected chi connectivity index (χ2v) is 15.0. The monoisotopic (exact) mass is 740 g/mol. The summed E-state index contributed by atoms with van der Waals surface area (Å²) in [4.78, 5) is 11.2. The predicted octanol–water partition coefficient (Wildman–Crippen LogP) is 7.09. The van der Waals surface area contributed by atoms with Crippen molar-refractivity contribution in [2.75, 3.05) is 30.7 Å². The van der Waals surface area contributed by atoms with Crippen molar-refractivity contribution < 1.29 is 26.7 Å². The van der Waals surface area contributed by atoms with Crippen molar-refractivity contribution in [3.63, 3.8) is 0 Å². The highest BCUT2D eigenvalue weighted by Crippen LogP contribution is 2.49. The number of aromatic nitrogens is 6. The molecule has 15 heteroatoms. The van der Waals surface area contributed by atoms with E-state index < -0.39 is 32.1 Å². The molecule has 3 aromatic heterocycles. The summed E-state index contributed by atoms with van der Waals surface area (Å²) in [6.45, 7) is 2.80. The number of ether oxygens (including phenoxy) is 2. The fraction of sp³-hybridized carbons (Fsp3) is 0.263. The molecule has 0 spiro atoms. The number of rotatable bonds is 13. The minimum absolute atomic E-state index is 0.0967. The molecule has 3 heterocycles. The van der Waals surface area contributed by atoms with E-state index in [4.69, 9.17) is 24.5 Å². The first-order chi connectivity index (χ1) is 25.4. The Morgan fingerprint density at radius 1 is 0.887 bits per heavy atom. The molecule has 1 fully saturated rings. The number of nitrogens with zero attached hydrogens (tertiary/aromatic N) is 7. The molecule has 0 aliphatic heterocycles. The van der Waals surface area contributed by atoms with E-state index in [1.807, 2.05) is 77.2 Å². The van der Waals surface area contributed by atoms with Crippen LogP contribution in [0.4, 0.5) is 32.1 Å². The smallest absolute Gasteiger partial charge is 0.229 e. The van der Waals surface area contributed by atoms with Crippen molar-refractivity contribution in [3.8, 4) is 22.9 Å². The van der Waals surface area contributed by atoms with E-state index in [-0.39, 0.29) is 11.9 Å². The van der Waals surface area contributed by atoms with Gasteiger partial charge in [-0.05, 0) is 79.3 Å². The maximum atomic E-state index is 15.4. The van der Waals surface area contributed by atoms with Gasteiger partial charge in [-0.3, -0.25) is 9.36 Å². The van der Waals surface area contributed by atoms with Crippen LogP contribution in [-0.2, 0) is 30.0 Å². The Balaban J connectivity index is 1.39. The molecule has 53 heavy (non-hydrogen) atoms. The van der Waals surface area contributed by atoms with Crippen LogP contribution in [0.3, 0.4) is 0 Å². The van der Waals surface area contributed by atoms with E-state index in [1.54, 1.807) is 32.1 Å². The van der Waals surface area contributed by atoms with Gasteiger partial charge in [-0.1, -0.05) is 24.3 Å². The lowest BCUT2D eigenvalue weighted by molar-refractivity contribution is 0.414. The zero-order valence-corrected chi connectivity index (χ0v) is 30.7. The highest BCUT2D eigenvalue weighted by atomic mass is 32.2. The molecule has 0 unspecified atom stereocenters. The van der Waals surface area contributed by atoms with Gasteiger partial charge in [-0.2, -0.15) is 15.2 Å². The Morgan fingerprint density at radius 3 is 2.06 bits per heavy atom. The van der Waals surface area contributed by atoms with Gasteiger partial charge in [0.25, 0.3) is 0 Å². The van der Waals surface area contributed by atoms with Gasteiger partial charge in [0.05, 0.1) is 32.2 Å². The number of benzene rings is 3. The van der Waals surface area contributed by atoms with E-state index in [9.17, 15) is 8.42 Å². The zero-order valence-electron chi connectivity index (χ0n) is 29.8. The SMILES string of the molecule is COc1ccc(CN(c2cc(C)n(Cc3ccc(OC)cc3)n2)c2nc(Nc3c(F)cc(S(C)(=O)=O)cc3F)nc(-c3ccn(C)n3)c2C2CC2)cc1. The molecule has 0 amide bonds. The minimum Gasteiger partial charge on any atom is -0.497 e. The van der Waals surface area contributed by atoms with Crippen LogP contribution >= 0.6 is 0 Å². The molecular formula is C38H38F2N8O4S. The van der Waals surface area contributed by atoms with Crippen molar-refractivity contribution in [1.29, 1.82) is 0 Å². The Kier molecular flexibility index (Phi) is 9.60. The molecule has 0 bridgehead atoms. The molecule has 1 aliphatic carbocycles. The van der Waals surface area contributed by atoms with Gasteiger partial charge in [0.1, 0.15) is 34.4 Å². The second kappa shape index (κ2) is 14.3. The van der Waals surface area contributed by atoms with E-state index in [1.165, 1.54) is 0 Å². The normalized spacial score (nSPS) is 12.9. The van der Waals surface area contributed by atoms with Gasteiger partial charge in [-0.15, -0.1) is 0 Å². The molecular weight excluding hydrogens is 703 g/mol. The maximum absolute atomic E-state index is 15.4. The van der Waals surface area contributed by atoms with Crippen LogP contribution < -0.4 is 19.7 Å². The molecule has 7 rings (SSSR count). The lowest BCUT2D eigenvalue weighted by Gasteiger charge is -2.26. The number of nitrogens with one attached hydrogen (secondary N) is 1.